The van der Waals surface area contributed by atoms with Gasteiger partial charge in [-0.3, -0.25) is 4.90 Å². The molecule has 1 aliphatic rings. The molecule has 2 aromatic carbocycles. The van der Waals surface area contributed by atoms with E-state index in [-0.39, 0.29) is 6.10 Å². The first-order valence-corrected chi connectivity index (χ1v) is 12.6. The lowest BCUT2D eigenvalue weighted by Crippen LogP contribution is -2.39. The summed E-state index contributed by atoms with van der Waals surface area (Å²) in [6, 6.07) is 17.6. The Morgan fingerprint density at radius 3 is 2.69 bits per heavy atom. The first kappa shape index (κ1) is 26.2. The van der Waals surface area contributed by atoms with Crippen LogP contribution in [0.1, 0.15) is 25.3 Å². The van der Waals surface area contributed by atoms with Gasteiger partial charge in [-0.1, -0.05) is 36.4 Å². The molecular formula is C28H37N3O5. The highest BCUT2D eigenvalue weighted by Gasteiger charge is 2.26. The number of benzene rings is 2. The molecule has 0 bridgehead atoms. The van der Waals surface area contributed by atoms with Gasteiger partial charge in [0.25, 0.3) is 0 Å². The van der Waals surface area contributed by atoms with Crippen molar-refractivity contribution in [2.45, 2.75) is 38.5 Å². The van der Waals surface area contributed by atoms with Crippen LogP contribution in [0.15, 0.2) is 54.6 Å². The van der Waals surface area contributed by atoms with E-state index in [1.807, 2.05) is 56.4 Å². The number of nitrogens with zero attached hydrogens (tertiary/aromatic N) is 3. The molecule has 0 saturated carbocycles. The Morgan fingerprint density at radius 1 is 1.17 bits per heavy atom. The third-order valence-corrected chi connectivity index (χ3v) is 6.24. The maximum atomic E-state index is 10.7. The van der Waals surface area contributed by atoms with Crippen molar-refractivity contribution >= 4 is 0 Å². The summed E-state index contributed by atoms with van der Waals surface area (Å²) in [6.45, 7) is 5.30. The van der Waals surface area contributed by atoms with Crippen LogP contribution in [0.25, 0.3) is 11.3 Å². The molecule has 1 fully saturated rings. The Bertz CT molecular complexity index is 1080. The van der Waals surface area contributed by atoms with E-state index in [1.54, 1.807) is 11.8 Å². The topological polar surface area (TPSA) is 78.2 Å². The van der Waals surface area contributed by atoms with Crippen LogP contribution in [0, 0.1) is 0 Å². The third kappa shape index (κ3) is 6.85. The quantitative estimate of drug-likeness (QED) is 0.379. The molecule has 8 nitrogen and oxygen atoms in total. The van der Waals surface area contributed by atoms with Gasteiger partial charge in [0.15, 0.2) is 0 Å². The first-order valence-electron chi connectivity index (χ1n) is 12.6. The van der Waals surface area contributed by atoms with E-state index >= 15 is 0 Å². The Morgan fingerprint density at radius 2 is 1.97 bits per heavy atom. The molecule has 0 amide bonds. The fraction of sp³-hybridized carbons (Fsp3) is 0.464. The van der Waals surface area contributed by atoms with Crippen molar-refractivity contribution in [1.82, 2.24) is 14.7 Å². The van der Waals surface area contributed by atoms with Crippen molar-refractivity contribution in [3.8, 4) is 28.6 Å². The lowest BCUT2D eigenvalue weighted by molar-refractivity contribution is 0.00505. The number of methoxy groups -OCH3 is 1. The van der Waals surface area contributed by atoms with Crippen molar-refractivity contribution in [3.63, 3.8) is 0 Å². The SMILES string of the molecule is CCOCC(O)CN(Cc1c(-c2ccccc2)nn(C)c1Oc1cccc(OC)c1)CC1CCCO1. The lowest BCUT2D eigenvalue weighted by atomic mass is 10.1. The lowest BCUT2D eigenvalue weighted by Gasteiger charge is -2.27. The zero-order chi connectivity index (χ0) is 25.3. The van der Waals surface area contributed by atoms with Gasteiger partial charge in [0.1, 0.15) is 17.2 Å². The smallest absolute Gasteiger partial charge is 0.222 e. The molecule has 3 aromatic rings. The summed E-state index contributed by atoms with van der Waals surface area (Å²) < 4.78 is 25.0. The van der Waals surface area contributed by atoms with Crippen LogP contribution >= 0.6 is 0 Å². The molecule has 1 aliphatic heterocycles. The van der Waals surface area contributed by atoms with Gasteiger partial charge < -0.3 is 24.1 Å². The van der Waals surface area contributed by atoms with Crippen LogP contribution in [0.4, 0.5) is 0 Å². The number of rotatable bonds is 13. The summed E-state index contributed by atoms with van der Waals surface area (Å²) in [4.78, 5) is 2.22. The highest BCUT2D eigenvalue weighted by atomic mass is 16.5. The summed E-state index contributed by atoms with van der Waals surface area (Å²) >= 11 is 0. The van der Waals surface area contributed by atoms with Crippen LogP contribution in [0.3, 0.4) is 0 Å². The maximum absolute atomic E-state index is 10.7. The van der Waals surface area contributed by atoms with E-state index in [4.69, 9.17) is 24.0 Å². The van der Waals surface area contributed by atoms with Crippen LogP contribution in [-0.4, -0.2) is 72.0 Å². The van der Waals surface area contributed by atoms with Gasteiger partial charge in [-0.15, -0.1) is 0 Å². The molecule has 0 spiro atoms. The summed E-state index contributed by atoms with van der Waals surface area (Å²) in [6.07, 6.45) is 1.62. The zero-order valence-electron chi connectivity index (χ0n) is 21.4. The van der Waals surface area contributed by atoms with Gasteiger partial charge in [-0.05, 0) is 31.9 Å². The van der Waals surface area contributed by atoms with E-state index in [9.17, 15) is 5.11 Å². The normalized spacial score (nSPS) is 16.4. The number of hydrogen-bond donors (Lipinski definition) is 1. The van der Waals surface area contributed by atoms with E-state index in [0.29, 0.717) is 44.5 Å². The predicted molar refractivity (Wildman–Crippen MR) is 138 cm³/mol. The molecule has 194 valence electrons. The molecule has 2 atom stereocenters. The fourth-order valence-corrected chi connectivity index (χ4v) is 4.54. The predicted octanol–water partition coefficient (Wildman–Crippen LogP) is 4.27. The van der Waals surface area contributed by atoms with Gasteiger partial charge >= 0.3 is 0 Å². The Hall–Kier alpha value is -2.91. The number of aliphatic hydroxyl groups excluding tert-OH is 1. The summed E-state index contributed by atoms with van der Waals surface area (Å²) in [5, 5.41) is 15.5. The largest absolute Gasteiger partial charge is 0.497 e. The molecule has 1 N–H and O–H groups in total. The molecule has 0 aliphatic carbocycles. The monoisotopic (exact) mass is 495 g/mol. The van der Waals surface area contributed by atoms with Gasteiger partial charge in [-0.25, -0.2) is 4.68 Å². The number of hydrogen-bond acceptors (Lipinski definition) is 7. The molecular weight excluding hydrogens is 458 g/mol. The van der Waals surface area contributed by atoms with Crippen molar-refractivity contribution < 1.29 is 24.1 Å². The zero-order valence-corrected chi connectivity index (χ0v) is 21.4. The van der Waals surface area contributed by atoms with E-state index in [0.717, 1.165) is 42.0 Å². The van der Waals surface area contributed by atoms with Crippen molar-refractivity contribution in [1.29, 1.82) is 0 Å². The average Bonchev–Trinajstić information content (AvgIpc) is 3.51. The molecule has 1 saturated heterocycles. The van der Waals surface area contributed by atoms with Crippen molar-refractivity contribution in [2.24, 2.45) is 7.05 Å². The number of aromatic nitrogens is 2. The van der Waals surface area contributed by atoms with Gasteiger partial charge in [-0.2, -0.15) is 5.10 Å². The number of aliphatic hydroxyl groups is 1. The molecule has 2 heterocycles. The summed E-state index contributed by atoms with van der Waals surface area (Å²) in [5.74, 6) is 2.04. The average molecular weight is 496 g/mol. The van der Waals surface area contributed by atoms with Crippen LogP contribution < -0.4 is 9.47 Å². The minimum atomic E-state index is -0.606. The van der Waals surface area contributed by atoms with Gasteiger partial charge in [0, 0.05) is 51.5 Å². The number of aryl methyl sites for hydroxylation is 1. The first-order chi connectivity index (χ1) is 17.6. The van der Waals surface area contributed by atoms with E-state index < -0.39 is 6.10 Å². The van der Waals surface area contributed by atoms with Crippen LogP contribution in [-0.2, 0) is 23.1 Å². The highest BCUT2D eigenvalue weighted by molar-refractivity contribution is 5.65. The van der Waals surface area contributed by atoms with E-state index in [2.05, 4.69) is 17.0 Å². The second-order valence-corrected chi connectivity index (χ2v) is 9.05. The highest BCUT2D eigenvalue weighted by Crippen LogP contribution is 2.35. The van der Waals surface area contributed by atoms with Gasteiger partial charge in [0.2, 0.25) is 5.88 Å². The van der Waals surface area contributed by atoms with Crippen LogP contribution in [0.5, 0.6) is 17.4 Å². The minimum Gasteiger partial charge on any atom is -0.497 e. The summed E-state index contributed by atoms with van der Waals surface area (Å²) in [5.41, 5.74) is 2.82. The van der Waals surface area contributed by atoms with Crippen molar-refractivity contribution in [3.05, 3.63) is 60.2 Å². The Balaban J connectivity index is 1.67. The second kappa shape index (κ2) is 12.9. The maximum Gasteiger partial charge on any atom is 0.222 e. The second-order valence-electron chi connectivity index (χ2n) is 9.05. The Kier molecular flexibility index (Phi) is 9.35. The third-order valence-electron chi connectivity index (χ3n) is 6.24. The molecule has 1 aromatic heterocycles. The Labute approximate surface area is 213 Å². The fourth-order valence-electron chi connectivity index (χ4n) is 4.54. The molecule has 4 rings (SSSR count). The molecule has 0 radical (unpaired) electrons. The summed E-state index contributed by atoms with van der Waals surface area (Å²) in [7, 11) is 3.53. The standard InChI is InChI=1S/C28H37N3O5/c1-4-34-20-22(32)17-31(18-25-14-9-15-35-25)19-26-27(21-10-6-5-7-11-21)29-30(2)28(26)36-24-13-8-12-23(16-24)33-3/h5-8,10-13,16,22,25,32H,4,9,14-15,17-20H2,1-3H3. The number of ether oxygens (including phenoxy) is 4. The molecule has 2 unspecified atom stereocenters. The van der Waals surface area contributed by atoms with Gasteiger partial charge in [0.05, 0.1) is 31.5 Å². The molecule has 8 heteroatoms. The van der Waals surface area contributed by atoms with Crippen LogP contribution in [0.2, 0.25) is 0 Å². The molecule has 36 heavy (non-hydrogen) atoms. The van der Waals surface area contributed by atoms with Crippen molar-refractivity contribution in [2.75, 3.05) is 40.0 Å². The van der Waals surface area contributed by atoms with E-state index in [1.165, 1.54) is 0 Å². The minimum absolute atomic E-state index is 0.142.